The number of fused-ring (bicyclic) bond motifs is 1. The Kier molecular flexibility index (Phi) is 5.21. The lowest BCUT2D eigenvalue weighted by atomic mass is 10.1. The first kappa shape index (κ1) is 15.1. The monoisotopic (exact) mass is 274 g/mol. The van der Waals surface area contributed by atoms with E-state index in [1.54, 1.807) is 0 Å². The van der Waals surface area contributed by atoms with Gasteiger partial charge < -0.3 is 10.2 Å². The molecule has 0 saturated carbocycles. The second-order valence-corrected chi connectivity index (χ2v) is 5.55. The fraction of sp³-hybridized carbons (Fsp3) is 0.529. The van der Waals surface area contributed by atoms with Crippen molar-refractivity contribution in [3.63, 3.8) is 0 Å². The Morgan fingerprint density at radius 1 is 1.25 bits per heavy atom. The van der Waals surface area contributed by atoms with E-state index >= 15 is 0 Å². The Bertz CT molecular complexity index is 547. The summed E-state index contributed by atoms with van der Waals surface area (Å²) in [4.78, 5) is 2.44. The van der Waals surface area contributed by atoms with Crippen LogP contribution >= 0.6 is 0 Å². The topological polar surface area (TPSA) is 42.4 Å². The van der Waals surface area contributed by atoms with E-state index < -0.39 is 0 Å². The van der Waals surface area contributed by atoms with Gasteiger partial charge in [0, 0.05) is 24.0 Å². The number of nitrogens with two attached hydrogens (primary N) is 1. The lowest BCUT2D eigenvalue weighted by molar-refractivity contribution is 0.222. The molecule has 110 valence electrons. The Labute approximate surface area is 121 Å². The first-order valence-electron chi connectivity index (χ1n) is 7.61. The highest BCUT2D eigenvalue weighted by atomic mass is 16.3. The van der Waals surface area contributed by atoms with Crippen LogP contribution in [0.3, 0.4) is 0 Å². The van der Waals surface area contributed by atoms with Crippen LogP contribution in [0.4, 0.5) is 0 Å². The fourth-order valence-electron chi connectivity index (χ4n) is 2.58. The summed E-state index contributed by atoms with van der Waals surface area (Å²) >= 11 is 0. The first-order valence-corrected chi connectivity index (χ1v) is 7.61. The summed E-state index contributed by atoms with van der Waals surface area (Å²) in [6, 6.07) is 8.16. The lowest BCUT2D eigenvalue weighted by Crippen LogP contribution is -2.28. The van der Waals surface area contributed by atoms with E-state index in [1.165, 1.54) is 6.42 Å². The van der Waals surface area contributed by atoms with Crippen molar-refractivity contribution >= 4 is 11.0 Å². The normalized spacial score (nSPS) is 13.2. The van der Waals surface area contributed by atoms with Crippen molar-refractivity contribution < 1.29 is 4.42 Å². The molecule has 0 saturated heterocycles. The Hall–Kier alpha value is -1.32. The molecule has 2 aromatic rings. The highest BCUT2D eigenvalue weighted by molar-refractivity contribution is 5.82. The average Bonchev–Trinajstić information content (AvgIpc) is 2.83. The van der Waals surface area contributed by atoms with Crippen molar-refractivity contribution in [2.75, 3.05) is 13.1 Å². The van der Waals surface area contributed by atoms with Gasteiger partial charge in [-0.1, -0.05) is 45.4 Å². The van der Waals surface area contributed by atoms with Gasteiger partial charge in [0.1, 0.15) is 11.3 Å². The Balaban J connectivity index is 2.23. The van der Waals surface area contributed by atoms with Gasteiger partial charge in [-0.25, -0.2) is 0 Å². The van der Waals surface area contributed by atoms with E-state index in [0.717, 1.165) is 41.9 Å². The molecule has 20 heavy (non-hydrogen) atoms. The van der Waals surface area contributed by atoms with Gasteiger partial charge >= 0.3 is 0 Å². The summed E-state index contributed by atoms with van der Waals surface area (Å²) in [5.74, 6) is 1.74. The fourth-order valence-corrected chi connectivity index (χ4v) is 2.58. The minimum absolute atomic E-state index is 0.535. The molecule has 0 amide bonds. The van der Waals surface area contributed by atoms with Crippen LogP contribution in [-0.2, 0) is 13.1 Å². The summed E-state index contributed by atoms with van der Waals surface area (Å²) in [6.07, 6.45) is 1.21. The molecule has 3 nitrogen and oxygen atoms in total. The molecule has 1 unspecified atom stereocenters. The van der Waals surface area contributed by atoms with Gasteiger partial charge in [-0.2, -0.15) is 0 Å². The van der Waals surface area contributed by atoms with E-state index in [9.17, 15) is 0 Å². The number of hydrogen-bond acceptors (Lipinski definition) is 3. The van der Waals surface area contributed by atoms with Crippen LogP contribution in [0.15, 0.2) is 28.7 Å². The molecule has 0 spiro atoms. The predicted molar refractivity (Wildman–Crippen MR) is 84.5 cm³/mol. The average molecular weight is 274 g/mol. The maximum absolute atomic E-state index is 6.02. The van der Waals surface area contributed by atoms with Crippen LogP contribution in [0.1, 0.15) is 38.5 Å². The highest BCUT2D eigenvalue weighted by Crippen LogP contribution is 2.26. The third-order valence-electron chi connectivity index (χ3n) is 4.07. The maximum Gasteiger partial charge on any atom is 0.134 e. The smallest absolute Gasteiger partial charge is 0.134 e. The molecule has 2 rings (SSSR count). The van der Waals surface area contributed by atoms with Crippen molar-refractivity contribution in [1.82, 2.24) is 4.90 Å². The van der Waals surface area contributed by atoms with Crippen molar-refractivity contribution in [1.29, 1.82) is 0 Å². The summed E-state index contributed by atoms with van der Waals surface area (Å²) in [5, 5.41) is 1.16. The highest BCUT2D eigenvalue weighted by Gasteiger charge is 2.16. The molecule has 1 atom stereocenters. The zero-order chi connectivity index (χ0) is 14.5. The van der Waals surface area contributed by atoms with Crippen LogP contribution in [-0.4, -0.2) is 18.0 Å². The number of rotatable bonds is 7. The quantitative estimate of drug-likeness (QED) is 0.836. The van der Waals surface area contributed by atoms with Gasteiger partial charge in [-0.15, -0.1) is 0 Å². The van der Waals surface area contributed by atoms with E-state index in [1.807, 2.05) is 18.2 Å². The van der Waals surface area contributed by atoms with E-state index in [2.05, 4.69) is 31.7 Å². The number of benzene rings is 1. The predicted octanol–water partition coefficient (Wildman–Crippen LogP) is 3.76. The summed E-state index contributed by atoms with van der Waals surface area (Å²) < 4.78 is 6.02. The van der Waals surface area contributed by atoms with Crippen LogP contribution < -0.4 is 5.73 Å². The molecule has 0 aliphatic heterocycles. The molecule has 0 aliphatic carbocycles. The summed E-state index contributed by atoms with van der Waals surface area (Å²) in [7, 11) is 0. The van der Waals surface area contributed by atoms with Crippen molar-refractivity contribution in [2.45, 2.75) is 40.3 Å². The molecule has 2 N–H and O–H groups in total. The van der Waals surface area contributed by atoms with Crippen LogP contribution in [0.5, 0.6) is 0 Å². The van der Waals surface area contributed by atoms with Crippen molar-refractivity contribution in [2.24, 2.45) is 11.7 Å². The second kappa shape index (κ2) is 6.91. The number of para-hydroxylation sites is 1. The zero-order valence-corrected chi connectivity index (χ0v) is 12.9. The number of hydrogen-bond donors (Lipinski definition) is 1. The van der Waals surface area contributed by atoms with Gasteiger partial charge in [0.2, 0.25) is 0 Å². The molecular weight excluding hydrogens is 248 g/mol. The minimum atomic E-state index is 0.535. The molecule has 1 aromatic heterocycles. The maximum atomic E-state index is 6.02. The molecule has 1 aromatic carbocycles. The van der Waals surface area contributed by atoms with Crippen LogP contribution in [0.2, 0.25) is 0 Å². The van der Waals surface area contributed by atoms with Crippen LogP contribution in [0.25, 0.3) is 11.0 Å². The largest absolute Gasteiger partial charge is 0.459 e. The minimum Gasteiger partial charge on any atom is -0.459 e. The Morgan fingerprint density at radius 2 is 2.00 bits per heavy atom. The van der Waals surface area contributed by atoms with Crippen LogP contribution in [0, 0.1) is 5.92 Å². The molecule has 1 heterocycles. The third kappa shape index (κ3) is 3.22. The van der Waals surface area contributed by atoms with Crippen molar-refractivity contribution in [3.8, 4) is 0 Å². The molecule has 0 aliphatic rings. The van der Waals surface area contributed by atoms with Crippen molar-refractivity contribution in [3.05, 3.63) is 35.6 Å². The summed E-state index contributed by atoms with van der Waals surface area (Å²) in [5.41, 5.74) is 8.03. The van der Waals surface area contributed by atoms with Gasteiger partial charge in [-0.3, -0.25) is 4.90 Å². The molecule has 0 bridgehead atoms. The molecule has 0 radical (unpaired) electrons. The number of nitrogens with zero attached hydrogens (tertiary/aromatic N) is 1. The van der Waals surface area contributed by atoms with Gasteiger partial charge in [0.05, 0.1) is 6.54 Å². The molecule has 3 heteroatoms. The van der Waals surface area contributed by atoms with Gasteiger partial charge in [-0.05, 0) is 18.5 Å². The summed E-state index contributed by atoms with van der Waals surface area (Å²) in [6.45, 7) is 10.3. The van der Waals surface area contributed by atoms with E-state index in [4.69, 9.17) is 10.2 Å². The molecule has 0 fully saturated rings. The van der Waals surface area contributed by atoms with Gasteiger partial charge in [0.15, 0.2) is 0 Å². The Morgan fingerprint density at radius 3 is 2.65 bits per heavy atom. The van der Waals surface area contributed by atoms with E-state index in [0.29, 0.717) is 12.5 Å². The zero-order valence-electron chi connectivity index (χ0n) is 12.9. The van der Waals surface area contributed by atoms with E-state index in [-0.39, 0.29) is 0 Å². The van der Waals surface area contributed by atoms with Gasteiger partial charge in [0.25, 0.3) is 0 Å². The molecular formula is C17H26N2O. The SMILES string of the molecule is CCC(C)CN(CC)Cc1oc2ccccc2c1CN. The lowest BCUT2D eigenvalue weighted by Gasteiger charge is -2.23. The standard InChI is InChI=1S/C17H26N2O/c1-4-13(3)11-19(5-2)12-17-15(10-18)14-8-6-7-9-16(14)20-17/h6-9,13H,4-5,10-12,18H2,1-3H3. The second-order valence-electron chi connectivity index (χ2n) is 5.55. The third-order valence-corrected chi connectivity index (χ3v) is 4.07. The first-order chi connectivity index (χ1) is 9.69. The number of furan rings is 1.